The fourth-order valence-electron chi connectivity index (χ4n) is 1.41. The van der Waals surface area contributed by atoms with Crippen LogP contribution in [-0.4, -0.2) is 23.7 Å². The summed E-state index contributed by atoms with van der Waals surface area (Å²) in [5.41, 5.74) is 1.43. The third-order valence-corrected chi connectivity index (χ3v) is 2.55. The molecule has 0 fully saturated rings. The van der Waals surface area contributed by atoms with E-state index in [4.69, 9.17) is 10.4 Å². The van der Waals surface area contributed by atoms with Gasteiger partial charge in [-0.2, -0.15) is 5.26 Å². The molecular weight excluding hydrogens is 216 g/mol. The van der Waals surface area contributed by atoms with Gasteiger partial charge < -0.3 is 10.4 Å². The average molecular weight is 232 g/mol. The number of hydrogen-bond donors (Lipinski definition) is 2. The minimum absolute atomic E-state index is 0.0608. The fraction of sp³-hybridized carbons (Fsp3) is 0.385. The highest BCUT2D eigenvalue weighted by atomic mass is 16.3. The van der Waals surface area contributed by atoms with Gasteiger partial charge in [0.05, 0.1) is 25.1 Å². The van der Waals surface area contributed by atoms with Crippen LogP contribution in [0, 0.1) is 11.3 Å². The first-order chi connectivity index (χ1) is 8.21. The molecule has 1 amide bonds. The standard InChI is InChI=1S/C13H16N2O2/c1-2-12(9-16)15-13(17)11-5-3-10(4-6-11)7-8-14/h3-6,12,16H,2,7,9H2,1H3,(H,15,17). The number of aliphatic hydroxyl groups excluding tert-OH is 1. The minimum Gasteiger partial charge on any atom is -0.394 e. The SMILES string of the molecule is CCC(CO)NC(=O)c1ccc(CC#N)cc1. The molecule has 1 rings (SSSR count). The van der Waals surface area contributed by atoms with Gasteiger partial charge in [-0.25, -0.2) is 0 Å². The summed E-state index contributed by atoms with van der Waals surface area (Å²) in [4.78, 5) is 11.8. The zero-order valence-corrected chi connectivity index (χ0v) is 9.81. The summed E-state index contributed by atoms with van der Waals surface area (Å²) >= 11 is 0. The Morgan fingerprint density at radius 3 is 2.59 bits per heavy atom. The van der Waals surface area contributed by atoms with Crippen LogP contribution in [-0.2, 0) is 6.42 Å². The molecule has 1 atom stereocenters. The molecule has 17 heavy (non-hydrogen) atoms. The molecule has 0 saturated heterocycles. The van der Waals surface area contributed by atoms with Gasteiger partial charge in [0.2, 0.25) is 0 Å². The first-order valence-corrected chi connectivity index (χ1v) is 5.58. The van der Waals surface area contributed by atoms with Crippen LogP contribution in [0.4, 0.5) is 0 Å². The third-order valence-electron chi connectivity index (χ3n) is 2.55. The summed E-state index contributed by atoms with van der Waals surface area (Å²) in [6.07, 6.45) is 1.03. The van der Waals surface area contributed by atoms with E-state index in [1.165, 1.54) is 0 Å². The van der Waals surface area contributed by atoms with E-state index in [1.54, 1.807) is 24.3 Å². The zero-order chi connectivity index (χ0) is 12.7. The van der Waals surface area contributed by atoms with Crippen molar-refractivity contribution in [1.82, 2.24) is 5.32 Å². The molecule has 0 aliphatic heterocycles. The highest BCUT2D eigenvalue weighted by Crippen LogP contribution is 2.05. The number of benzene rings is 1. The molecule has 1 aromatic carbocycles. The van der Waals surface area contributed by atoms with Crippen LogP contribution in [0.1, 0.15) is 29.3 Å². The lowest BCUT2D eigenvalue weighted by Crippen LogP contribution is -2.36. The maximum atomic E-state index is 11.8. The monoisotopic (exact) mass is 232 g/mol. The number of nitrogens with zero attached hydrogens (tertiary/aromatic N) is 1. The van der Waals surface area contributed by atoms with Crippen LogP contribution in [0.25, 0.3) is 0 Å². The molecule has 4 nitrogen and oxygen atoms in total. The van der Waals surface area contributed by atoms with Gasteiger partial charge in [-0.1, -0.05) is 19.1 Å². The molecule has 4 heteroatoms. The molecule has 0 saturated carbocycles. The Kier molecular flexibility index (Phi) is 5.18. The molecular formula is C13H16N2O2. The average Bonchev–Trinajstić information content (AvgIpc) is 2.37. The summed E-state index contributed by atoms with van der Waals surface area (Å²) in [6, 6.07) is 8.74. The number of carbonyl (C=O) groups is 1. The van der Waals surface area contributed by atoms with Crippen molar-refractivity contribution in [3.05, 3.63) is 35.4 Å². The predicted octanol–water partition coefficient (Wildman–Crippen LogP) is 1.25. The third kappa shape index (κ3) is 3.89. The van der Waals surface area contributed by atoms with E-state index in [0.29, 0.717) is 18.4 Å². The largest absolute Gasteiger partial charge is 0.394 e. The van der Waals surface area contributed by atoms with Gasteiger partial charge in [0.15, 0.2) is 0 Å². The van der Waals surface area contributed by atoms with Crippen molar-refractivity contribution in [2.75, 3.05) is 6.61 Å². The van der Waals surface area contributed by atoms with E-state index in [9.17, 15) is 4.79 Å². The summed E-state index contributed by atoms with van der Waals surface area (Å²) in [6.45, 7) is 1.84. The van der Waals surface area contributed by atoms with E-state index in [2.05, 4.69) is 5.32 Å². The summed E-state index contributed by atoms with van der Waals surface area (Å²) in [5, 5.41) is 20.2. The smallest absolute Gasteiger partial charge is 0.251 e. The van der Waals surface area contributed by atoms with E-state index in [-0.39, 0.29) is 18.6 Å². The molecule has 0 spiro atoms. The second-order valence-corrected chi connectivity index (χ2v) is 3.79. The van der Waals surface area contributed by atoms with Gasteiger partial charge in [0, 0.05) is 5.56 Å². The number of hydrogen-bond acceptors (Lipinski definition) is 3. The lowest BCUT2D eigenvalue weighted by atomic mass is 10.1. The van der Waals surface area contributed by atoms with Crippen molar-refractivity contribution >= 4 is 5.91 Å². The van der Waals surface area contributed by atoms with Crippen LogP contribution in [0.2, 0.25) is 0 Å². The fourth-order valence-corrected chi connectivity index (χ4v) is 1.41. The Hall–Kier alpha value is -1.86. The van der Waals surface area contributed by atoms with Gasteiger partial charge in [-0.15, -0.1) is 0 Å². The molecule has 0 aromatic heterocycles. The molecule has 0 radical (unpaired) electrons. The second-order valence-electron chi connectivity index (χ2n) is 3.79. The van der Waals surface area contributed by atoms with Gasteiger partial charge >= 0.3 is 0 Å². The van der Waals surface area contributed by atoms with Crippen LogP contribution in [0.3, 0.4) is 0 Å². The van der Waals surface area contributed by atoms with E-state index < -0.39 is 0 Å². The summed E-state index contributed by atoms with van der Waals surface area (Å²) < 4.78 is 0. The maximum absolute atomic E-state index is 11.8. The highest BCUT2D eigenvalue weighted by Gasteiger charge is 2.10. The number of amides is 1. The molecule has 2 N–H and O–H groups in total. The number of carbonyl (C=O) groups excluding carboxylic acids is 1. The Bertz CT molecular complexity index is 402. The van der Waals surface area contributed by atoms with E-state index in [0.717, 1.165) is 5.56 Å². The van der Waals surface area contributed by atoms with Crippen LogP contribution < -0.4 is 5.32 Å². The quantitative estimate of drug-likeness (QED) is 0.802. The van der Waals surface area contributed by atoms with Crippen molar-refractivity contribution < 1.29 is 9.90 Å². The van der Waals surface area contributed by atoms with Crippen LogP contribution in [0.15, 0.2) is 24.3 Å². The Morgan fingerprint density at radius 1 is 1.47 bits per heavy atom. The van der Waals surface area contributed by atoms with Crippen LogP contribution >= 0.6 is 0 Å². The minimum atomic E-state index is -0.207. The van der Waals surface area contributed by atoms with Crippen molar-refractivity contribution in [1.29, 1.82) is 5.26 Å². The van der Waals surface area contributed by atoms with Crippen LogP contribution in [0.5, 0.6) is 0 Å². The Morgan fingerprint density at radius 2 is 2.12 bits per heavy atom. The second kappa shape index (κ2) is 6.66. The molecule has 0 heterocycles. The number of nitriles is 1. The maximum Gasteiger partial charge on any atom is 0.251 e. The summed E-state index contributed by atoms with van der Waals surface area (Å²) in [5.74, 6) is -0.200. The Balaban J connectivity index is 2.67. The van der Waals surface area contributed by atoms with E-state index >= 15 is 0 Å². The van der Waals surface area contributed by atoms with Gasteiger partial charge in [0.1, 0.15) is 0 Å². The zero-order valence-electron chi connectivity index (χ0n) is 9.81. The predicted molar refractivity (Wildman–Crippen MR) is 64.4 cm³/mol. The normalized spacial score (nSPS) is 11.6. The van der Waals surface area contributed by atoms with Crippen molar-refractivity contribution in [3.8, 4) is 6.07 Å². The molecule has 1 aromatic rings. The molecule has 90 valence electrons. The lowest BCUT2D eigenvalue weighted by molar-refractivity contribution is 0.0915. The molecule has 0 aliphatic carbocycles. The first-order valence-electron chi connectivity index (χ1n) is 5.58. The van der Waals surface area contributed by atoms with E-state index in [1.807, 2.05) is 13.0 Å². The van der Waals surface area contributed by atoms with Crippen molar-refractivity contribution in [3.63, 3.8) is 0 Å². The highest BCUT2D eigenvalue weighted by molar-refractivity contribution is 5.94. The number of nitrogens with one attached hydrogen (secondary N) is 1. The lowest BCUT2D eigenvalue weighted by Gasteiger charge is -2.13. The van der Waals surface area contributed by atoms with Gasteiger partial charge in [-0.05, 0) is 24.1 Å². The number of aliphatic hydroxyl groups is 1. The van der Waals surface area contributed by atoms with Crippen molar-refractivity contribution in [2.24, 2.45) is 0 Å². The molecule has 0 bridgehead atoms. The molecule has 1 unspecified atom stereocenters. The number of rotatable bonds is 5. The molecule has 0 aliphatic rings. The Labute approximate surface area is 101 Å². The van der Waals surface area contributed by atoms with Gasteiger partial charge in [0.25, 0.3) is 5.91 Å². The topological polar surface area (TPSA) is 73.1 Å². The van der Waals surface area contributed by atoms with Crippen molar-refractivity contribution in [2.45, 2.75) is 25.8 Å². The summed E-state index contributed by atoms with van der Waals surface area (Å²) in [7, 11) is 0. The first kappa shape index (κ1) is 13.2. The van der Waals surface area contributed by atoms with Gasteiger partial charge in [-0.3, -0.25) is 4.79 Å².